The monoisotopic (exact) mass is 213 g/mol. The van der Waals surface area contributed by atoms with E-state index in [1.54, 1.807) is 38.1 Å². The Morgan fingerprint density at radius 2 is 1.86 bits per heavy atom. The van der Waals surface area contributed by atoms with Crippen molar-refractivity contribution in [1.29, 1.82) is 0 Å². The Labute approximate surface area is 87.7 Å². The molecule has 3 nitrogen and oxygen atoms in total. The van der Waals surface area contributed by atoms with Gasteiger partial charge < -0.3 is 5.21 Å². The smallest absolute Gasteiger partial charge is 0.184 e. The van der Waals surface area contributed by atoms with Gasteiger partial charge in [0.05, 0.1) is 0 Å². The lowest BCUT2D eigenvalue weighted by Gasteiger charge is -2.20. The van der Waals surface area contributed by atoms with Gasteiger partial charge in [-0.1, -0.05) is 11.6 Å². The first-order chi connectivity index (χ1) is 6.47. The highest BCUT2D eigenvalue weighted by Gasteiger charge is 2.27. The number of ketones is 1. The molecule has 0 aliphatic rings. The highest BCUT2D eigenvalue weighted by Crippen LogP contribution is 2.15. The van der Waals surface area contributed by atoms with Crippen molar-refractivity contribution in [3.05, 3.63) is 34.9 Å². The van der Waals surface area contributed by atoms with Crippen LogP contribution in [0, 0.1) is 0 Å². The summed E-state index contributed by atoms with van der Waals surface area (Å²) in [5.41, 5.74) is 1.51. The molecule has 0 aliphatic carbocycles. The number of rotatable bonds is 3. The summed E-state index contributed by atoms with van der Waals surface area (Å²) in [6, 6.07) is 6.54. The Morgan fingerprint density at radius 1 is 1.36 bits per heavy atom. The van der Waals surface area contributed by atoms with Crippen molar-refractivity contribution in [3.63, 3.8) is 0 Å². The lowest BCUT2D eigenvalue weighted by atomic mass is 9.94. The largest absolute Gasteiger partial charge is 0.316 e. The van der Waals surface area contributed by atoms with Crippen LogP contribution in [0.25, 0.3) is 0 Å². The molecule has 0 unspecified atom stereocenters. The molecule has 0 saturated carbocycles. The zero-order valence-corrected chi connectivity index (χ0v) is 8.80. The molecule has 0 spiro atoms. The van der Waals surface area contributed by atoms with Crippen LogP contribution in [0.4, 0.5) is 0 Å². The normalized spacial score (nSPS) is 11.4. The fourth-order valence-corrected chi connectivity index (χ4v) is 1.14. The SMILES string of the molecule is CC(C)(NO)C(=O)c1ccc(Cl)cc1. The van der Waals surface area contributed by atoms with Crippen molar-refractivity contribution in [2.75, 3.05) is 0 Å². The van der Waals surface area contributed by atoms with E-state index in [2.05, 4.69) is 0 Å². The number of carbonyl (C=O) groups excluding carboxylic acids is 1. The fourth-order valence-electron chi connectivity index (χ4n) is 1.01. The van der Waals surface area contributed by atoms with E-state index >= 15 is 0 Å². The topological polar surface area (TPSA) is 49.3 Å². The van der Waals surface area contributed by atoms with Crippen molar-refractivity contribution in [3.8, 4) is 0 Å². The van der Waals surface area contributed by atoms with E-state index in [0.717, 1.165) is 0 Å². The number of halogens is 1. The molecular formula is C10H12ClNO2. The second-order valence-corrected chi connectivity index (χ2v) is 4.01. The molecule has 0 aliphatic heterocycles. The molecule has 0 radical (unpaired) electrons. The van der Waals surface area contributed by atoms with Crippen molar-refractivity contribution >= 4 is 17.4 Å². The van der Waals surface area contributed by atoms with Crippen molar-refractivity contribution < 1.29 is 10.0 Å². The number of hydrogen-bond acceptors (Lipinski definition) is 3. The van der Waals surface area contributed by atoms with E-state index < -0.39 is 5.54 Å². The minimum absolute atomic E-state index is 0.184. The molecule has 0 atom stereocenters. The number of hydroxylamine groups is 1. The standard InChI is InChI=1S/C10H12ClNO2/c1-10(2,12-14)9(13)7-3-5-8(11)6-4-7/h3-6,12,14H,1-2H3. The molecule has 0 aromatic heterocycles. The molecule has 4 heteroatoms. The first-order valence-corrected chi connectivity index (χ1v) is 4.57. The van der Waals surface area contributed by atoms with E-state index in [1.807, 2.05) is 5.48 Å². The molecule has 2 N–H and O–H groups in total. The molecule has 0 heterocycles. The second-order valence-electron chi connectivity index (χ2n) is 3.57. The lowest BCUT2D eigenvalue weighted by Crippen LogP contribution is -2.44. The maximum atomic E-state index is 11.7. The molecule has 14 heavy (non-hydrogen) atoms. The summed E-state index contributed by atoms with van der Waals surface area (Å²) in [5, 5.41) is 9.36. The average molecular weight is 214 g/mol. The van der Waals surface area contributed by atoms with Gasteiger partial charge in [-0.05, 0) is 38.1 Å². The van der Waals surface area contributed by atoms with Gasteiger partial charge in [-0.15, -0.1) is 0 Å². The third-order valence-electron chi connectivity index (χ3n) is 1.95. The second kappa shape index (κ2) is 4.09. The van der Waals surface area contributed by atoms with Gasteiger partial charge in [-0.3, -0.25) is 4.79 Å². The molecule has 0 amide bonds. The third kappa shape index (κ3) is 2.32. The molecule has 1 rings (SSSR count). The van der Waals surface area contributed by atoms with Gasteiger partial charge in [-0.2, -0.15) is 5.48 Å². The summed E-state index contributed by atoms with van der Waals surface area (Å²) < 4.78 is 0. The van der Waals surface area contributed by atoms with E-state index in [4.69, 9.17) is 16.8 Å². The Balaban J connectivity index is 2.96. The van der Waals surface area contributed by atoms with E-state index in [9.17, 15) is 4.79 Å². The summed E-state index contributed by atoms with van der Waals surface area (Å²) in [4.78, 5) is 11.7. The van der Waals surface area contributed by atoms with Gasteiger partial charge in [0.2, 0.25) is 0 Å². The fraction of sp³-hybridized carbons (Fsp3) is 0.300. The van der Waals surface area contributed by atoms with Gasteiger partial charge in [0.15, 0.2) is 5.78 Å². The van der Waals surface area contributed by atoms with Crippen LogP contribution in [0.15, 0.2) is 24.3 Å². The molecular weight excluding hydrogens is 202 g/mol. The van der Waals surface area contributed by atoms with Crippen molar-refractivity contribution in [1.82, 2.24) is 5.48 Å². The minimum atomic E-state index is -0.978. The van der Waals surface area contributed by atoms with Crippen molar-refractivity contribution in [2.24, 2.45) is 0 Å². The predicted octanol–water partition coefficient (Wildman–Crippen LogP) is 2.28. The van der Waals surface area contributed by atoms with Gasteiger partial charge in [-0.25, -0.2) is 0 Å². The zero-order chi connectivity index (χ0) is 10.8. The maximum absolute atomic E-state index is 11.7. The maximum Gasteiger partial charge on any atom is 0.184 e. The number of benzene rings is 1. The Bertz CT molecular complexity index is 332. The summed E-state index contributed by atoms with van der Waals surface area (Å²) in [6.45, 7) is 3.20. The zero-order valence-electron chi connectivity index (χ0n) is 8.04. The van der Waals surface area contributed by atoms with Crippen molar-refractivity contribution in [2.45, 2.75) is 19.4 Å². The number of hydrogen-bond donors (Lipinski definition) is 2. The molecule has 1 aromatic carbocycles. The van der Waals surface area contributed by atoms with Crippen LogP contribution in [0.3, 0.4) is 0 Å². The van der Waals surface area contributed by atoms with Crippen LogP contribution in [0.2, 0.25) is 5.02 Å². The van der Waals surface area contributed by atoms with Crippen LogP contribution >= 0.6 is 11.6 Å². The number of nitrogens with one attached hydrogen (secondary N) is 1. The molecule has 1 aromatic rings. The Hall–Kier alpha value is -0.900. The minimum Gasteiger partial charge on any atom is -0.316 e. The Kier molecular flexibility index (Phi) is 3.26. The van der Waals surface area contributed by atoms with Crippen LogP contribution in [-0.2, 0) is 0 Å². The first-order valence-electron chi connectivity index (χ1n) is 4.19. The van der Waals surface area contributed by atoms with Gasteiger partial charge >= 0.3 is 0 Å². The Morgan fingerprint density at radius 3 is 2.29 bits per heavy atom. The summed E-state index contributed by atoms with van der Waals surface area (Å²) in [7, 11) is 0. The van der Waals surface area contributed by atoms with Gasteiger partial charge in [0.1, 0.15) is 5.54 Å². The number of Topliss-reactive ketones (excluding diaryl/α,β-unsaturated/α-hetero) is 1. The van der Waals surface area contributed by atoms with E-state index in [-0.39, 0.29) is 5.78 Å². The van der Waals surface area contributed by atoms with Crippen LogP contribution in [0.5, 0.6) is 0 Å². The lowest BCUT2D eigenvalue weighted by molar-refractivity contribution is 0.0569. The third-order valence-corrected chi connectivity index (χ3v) is 2.21. The molecule has 76 valence electrons. The van der Waals surface area contributed by atoms with E-state index in [1.165, 1.54) is 0 Å². The summed E-state index contributed by atoms with van der Waals surface area (Å²) in [6.07, 6.45) is 0. The summed E-state index contributed by atoms with van der Waals surface area (Å²) in [5.74, 6) is -0.184. The van der Waals surface area contributed by atoms with Gasteiger partial charge in [0, 0.05) is 10.6 Å². The highest BCUT2D eigenvalue weighted by atomic mass is 35.5. The number of carbonyl (C=O) groups is 1. The summed E-state index contributed by atoms with van der Waals surface area (Å²) >= 11 is 5.69. The average Bonchev–Trinajstić information content (AvgIpc) is 2.18. The van der Waals surface area contributed by atoms with Crippen LogP contribution in [0.1, 0.15) is 24.2 Å². The highest BCUT2D eigenvalue weighted by molar-refractivity contribution is 6.30. The predicted molar refractivity (Wildman–Crippen MR) is 54.8 cm³/mol. The first kappa shape index (κ1) is 11.2. The van der Waals surface area contributed by atoms with Gasteiger partial charge in [0.25, 0.3) is 0 Å². The molecule has 0 fully saturated rings. The van der Waals surface area contributed by atoms with Crippen LogP contribution < -0.4 is 5.48 Å². The molecule has 0 saturated heterocycles. The van der Waals surface area contributed by atoms with E-state index in [0.29, 0.717) is 10.6 Å². The quantitative estimate of drug-likeness (QED) is 0.598. The van der Waals surface area contributed by atoms with Crippen LogP contribution in [-0.4, -0.2) is 16.5 Å². The molecule has 0 bridgehead atoms.